The molecule has 2 heterocycles. The van der Waals surface area contributed by atoms with Crippen LogP contribution in [0.5, 0.6) is 0 Å². The van der Waals surface area contributed by atoms with E-state index in [2.05, 4.69) is 37.3 Å². The van der Waals surface area contributed by atoms with Gasteiger partial charge >= 0.3 is 0 Å². The number of aromatic amines is 1. The van der Waals surface area contributed by atoms with Crippen LogP contribution in [0.3, 0.4) is 0 Å². The van der Waals surface area contributed by atoms with Gasteiger partial charge < -0.3 is 10.6 Å². The van der Waals surface area contributed by atoms with Crippen molar-refractivity contribution in [3.8, 4) is 6.07 Å². The van der Waals surface area contributed by atoms with Gasteiger partial charge in [0.1, 0.15) is 17.0 Å². The second-order valence-corrected chi connectivity index (χ2v) is 13.4. The summed E-state index contributed by atoms with van der Waals surface area (Å²) in [6.07, 6.45) is 6.27. The Labute approximate surface area is 258 Å². The van der Waals surface area contributed by atoms with Crippen molar-refractivity contribution in [2.24, 2.45) is 5.41 Å². The van der Waals surface area contributed by atoms with E-state index in [9.17, 15) is 10.1 Å². The van der Waals surface area contributed by atoms with Crippen LogP contribution in [0.15, 0.2) is 54.6 Å². The zero-order valence-corrected chi connectivity index (χ0v) is 25.6. The van der Waals surface area contributed by atoms with Crippen molar-refractivity contribution in [2.75, 3.05) is 0 Å². The molecule has 0 saturated carbocycles. The Kier molecular flexibility index (Phi) is 8.20. The van der Waals surface area contributed by atoms with Crippen LogP contribution in [0.2, 0.25) is 10.0 Å². The van der Waals surface area contributed by atoms with E-state index >= 15 is 8.78 Å². The fourth-order valence-corrected chi connectivity index (χ4v) is 6.53. The minimum Gasteiger partial charge on any atom is -0.346 e. The number of amides is 1. The number of rotatable bonds is 6. The summed E-state index contributed by atoms with van der Waals surface area (Å²) in [5.41, 5.74) is -2.07. The highest BCUT2D eigenvalue weighted by Gasteiger charge is 2.61. The molecule has 0 spiro atoms. The number of carbonyl (C=O) groups is 1. The molecule has 1 saturated heterocycles. The summed E-state index contributed by atoms with van der Waals surface area (Å²) in [6, 6.07) is 9.01. The molecular weight excluding hydrogens is 595 g/mol. The minimum absolute atomic E-state index is 0.0253. The summed E-state index contributed by atoms with van der Waals surface area (Å²) in [5.74, 6) is -2.69. The first-order chi connectivity index (χ1) is 20.3. The number of tetrazole rings is 1. The molecule has 2 aromatic carbocycles. The molecule has 224 valence electrons. The van der Waals surface area contributed by atoms with E-state index in [0.29, 0.717) is 18.7 Å². The molecule has 8 nitrogen and oxygen atoms in total. The van der Waals surface area contributed by atoms with Crippen molar-refractivity contribution in [1.82, 2.24) is 31.3 Å². The van der Waals surface area contributed by atoms with Crippen LogP contribution in [-0.4, -0.2) is 44.2 Å². The van der Waals surface area contributed by atoms with Gasteiger partial charge in [0.05, 0.1) is 22.7 Å². The second kappa shape index (κ2) is 11.5. The quantitative estimate of drug-likeness (QED) is 0.308. The molecule has 3 N–H and O–H groups in total. The zero-order chi connectivity index (χ0) is 31.2. The average Bonchev–Trinajstić information content (AvgIpc) is 3.57. The van der Waals surface area contributed by atoms with Gasteiger partial charge in [-0.25, -0.2) is 8.78 Å². The molecule has 5 unspecified atom stereocenters. The fourth-order valence-electron chi connectivity index (χ4n) is 6.19. The van der Waals surface area contributed by atoms with Crippen molar-refractivity contribution >= 4 is 34.7 Å². The van der Waals surface area contributed by atoms with Crippen LogP contribution < -0.4 is 10.6 Å². The third kappa shape index (κ3) is 5.81. The molecule has 0 bridgehead atoms. The Hall–Kier alpha value is -3.65. The molecule has 12 heteroatoms. The maximum Gasteiger partial charge on any atom is 0.238 e. The zero-order valence-electron chi connectivity index (χ0n) is 24.1. The monoisotopic (exact) mass is 625 g/mol. The van der Waals surface area contributed by atoms with Gasteiger partial charge in [0.25, 0.3) is 0 Å². The average molecular weight is 627 g/mol. The lowest BCUT2D eigenvalue weighted by Gasteiger charge is -2.37. The lowest BCUT2D eigenvalue weighted by molar-refractivity contribution is -0.124. The third-order valence-electron chi connectivity index (χ3n) is 8.12. The van der Waals surface area contributed by atoms with E-state index in [-0.39, 0.29) is 26.6 Å². The largest absolute Gasteiger partial charge is 0.346 e. The van der Waals surface area contributed by atoms with Gasteiger partial charge in [-0.05, 0) is 54.2 Å². The molecule has 1 amide bonds. The number of H-pyrrole nitrogens is 1. The summed E-state index contributed by atoms with van der Waals surface area (Å²) in [4.78, 5) is 14.2. The maximum atomic E-state index is 15.9. The van der Waals surface area contributed by atoms with Crippen LogP contribution in [0.1, 0.15) is 63.4 Å². The van der Waals surface area contributed by atoms with Crippen LogP contribution in [-0.2, 0) is 10.2 Å². The predicted octanol–water partition coefficient (Wildman–Crippen LogP) is 6.02. The number of hydrogen-bond donors (Lipinski definition) is 3. The smallest absolute Gasteiger partial charge is 0.238 e. The van der Waals surface area contributed by atoms with E-state index in [4.69, 9.17) is 23.2 Å². The van der Waals surface area contributed by atoms with Crippen LogP contribution in [0, 0.1) is 28.4 Å². The van der Waals surface area contributed by atoms with Crippen molar-refractivity contribution < 1.29 is 13.6 Å². The molecule has 1 aromatic heterocycles. The topological polar surface area (TPSA) is 119 Å². The Balaban J connectivity index is 1.62. The summed E-state index contributed by atoms with van der Waals surface area (Å²) in [5, 5.41) is 31.4. The van der Waals surface area contributed by atoms with Crippen LogP contribution in [0.25, 0.3) is 5.57 Å². The Morgan fingerprint density at radius 2 is 2.00 bits per heavy atom. The number of allylic oxidation sites excluding steroid dienone is 2. The van der Waals surface area contributed by atoms with Crippen molar-refractivity contribution in [1.29, 1.82) is 5.26 Å². The molecule has 5 rings (SSSR count). The number of halogens is 4. The summed E-state index contributed by atoms with van der Waals surface area (Å²) in [6.45, 7) is 7.80. The van der Waals surface area contributed by atoms with Gasteiger partial charge in [-0.15, -0.1) is 10.2 Å². The van der Waals surface area contributed by atoms with E-state index in [1.807, 2.05) is 39.8 Å². The minimum atomic E-state index is -1.70. The van der Waals surface area contributed by atoms with Crippen molar-refractivity contribution in [3.63, 3.8) is 0 Å². The fraction of sp³-hybridized carbons (Fsp3) is 0.387. The van der Waals surface area contributed by atoms with E-state index in [1.165, 1.54) is 24.3 Å². The second-order valence-electron chi connectivity index (χ2n) is 12.5. The van der Waals surface area contributed by atoms with Gasteiger partial charge in [-0.2, -0.15) is 10.5 Å². The van der Waals surface area contributed by atoms with E-state index in [1.54, 1.807) is 12.1 Å². The molecule has 1 fully saturated rings. The molecular formula is C31H31Cl2F2N7O. The first-order valence-corrected chi connectivity index (χ1v) is 14.6. The highest BCUT2D eigenvalue weighted by Crippen LogP contribution is 2.53. The summed E-state index contributed by atoms with van der Waals surface area (Å²) in [7, 11) is 0. The first-order valence-electron chi connectivity index (χ1n) is 13.8. The first kappa shape index (κ1) is 30.8. The normalized spacial score (nSPS) is 27.0. The Morgan fingerprint density at radius 3 is 2.60 bits per heavy atom. The lowest BCUT2D eigenvalue weighted by atomic mass is 9.62. The molecule has 0 radical (unpaired) electrons. The van der Waals surface area contributed by atoms with Crippen molar-refractivity contribution in [3.05, 3.63) is 93.3 Å². The molecule has 2 aliphatic rings. The Morgan fingerprint density at radius 1 is 1.23 bits per heavy atom. The van der Waals surface area contributed by atoms with Crippen LogP contribution in [0.4, 0.5) is 8.78 Å². The standard InChI is InChI=1S/C31H31Cl2F2N7O/c1-29(2,3)15-23-31(16-36,20-9-8-18(32)14-22(20)34)24(19-6-5-7-21(33)25(19)35)26(37-23)28(43)38-30(4)12-10-17(11-13-30)27-39-41-42-40-27/h5-12,14,23-24,26,37H,13,15H2,1-4H3,(H,38,43)(H,39,40,41,42). The summed E-state index contributed by atoms with van der Waals surface area (Å²) < 4.78 is 31.7. The molecule has 1 aliphatic heterocycles. The van der Waals surface area contributed by atoms with Crippen LogP contribution >= 0.6 is 23.2 Å². The van der Waals surface area contributed by atoms with Gasteiger partial charge in [0.15, 0.2) is 0 Å². The molecule has 1 aliphatic carbocycles. The SMILES string of the molecule is CC(C)(C)CC1NC(C(=O)NC2(C)C=CC(c3nn[nH]n3)=CC2)C(c2cccc(Cl)c2F)C1(C#N)c1ccc(Cl)cc1F. The number of nitrogens with one attached hydrogen (secondary N) is 3. The number of carbonyl (C=O) groups excluding carboxylic acids is 1. The highest BCUT2D eigenvalue weighted by atomic mass is 35.5. The Bertz CT molecular complexity index is 1650. The van der Waals surface area contributed by atoms with Gasteiger partial charge in [0, 0.05) is 28.1 Å². The number of aromatic nitrogens is 4. The molecule has 3 aromatic rings. The van der Waals surface area contributed by atoms with E-state index in [0.717, 1.165) is 11.6 Å². The van der Waals surface area contributed by atoms with Gasteiger partial charge in [0.2, 0.25) is 11.7 Å². The third-order valence-corrected chi connectivity index (χ3v) is 8.65. The number of nitriles is 1. The number of benzene rings is 2. The van der Waals surface area contributed by atoms with Crippen molar-refractivity contribution in [2.45, 2.75) is 69.5 Å². The predicted molar refractivity (Wildman–Crippen MR) is 160 cm³/mol. The van der Waals surface area contributed by atoms with E-state index < -0.39 is 46.5 Å². The van der Waals surface area contributed by atoms with Gasteiger partial charge in [-0.1, -0.05) is 80.4 Å². The number of hydrogen-bond acceptors (Lipinski definition) is 6. The maximum absolute atomic E-state index is 15.9. The summed E-state index contributed by atoms with van der Waals surface area (Å²) >= 11 is 12.3. The highest BCUT2D eigenvalue weighted by molar-refractivity contribution is 6.31. The number of nitrogens with zero attached hydrogens (tertiary/aromatic N) is 4. The molecule has 43 heavy (non-hydrogen) atoms. The lowest BCUT2D eigenvalue weighted by Crippen LogP contribution is -2.53. The molecule has 5 atom stereocenters. The van der Waals surface area contributed by atoms with Gasteiger partial charge in [-0.3, -0.25) is 4.79 Å².